The van der Waals surface area contributed by atoms with Gasteiger partial charge in [0.05, 0.1) is 16.8 Å². The molecule has 1 amide bonds. The van der Waals surface area contributed by atoms with Crippen molar-refractivity contribution in [2.75, 3.05) is 4.72 Å². The fourth-order valence-corrected chi connectivity index (χ4v) is 5.21. The van der Waals surface area contributed by atoms with E-state index in [9.17, 15) is 13.2 Å². The lowest BCUT2D eigenvalue weighted by Crippen LogP contribution is -2.27. The highest BCUT2D eigenvalue weighted by Gasteiger charge is 2.22. The van der Waals surface area contributed by atoms with Crippen molar-refractivity contribution in [2.24, 2.45) is 0 Å². The van der Waals surface area contributed by atoms with Gasteiger partial charge >= 0.3 is 0 Å². The Morgan fingerprint density at radius 1 is 0.875 bits per heavy atom. The van der Waals surface area contributed by atoms with Crippen LogP contribution >= 0.6 is 11.6 Å². The van der Waals surface area contributed by atoms with Crippen LogP contribution in [0, 0.1) is 27.7 Å². The van der Waals surface area contributed by atoms with Gasteiger partial charge in [0, 0.05) is 5.56 Å². The van der Waals surface area contributed by atoms with Crippen molar-refractivity contribution >= 4 is 33.2 Å². The molecule has 32 heavy (non-hydrogen) atoms. The van der Waals surface area contributed by atoms with Gasteiger partial charge in [-0.05, 0) is 81.1 Å². The van der Waals surface area contributed by atoms with E-state index >= 15 is 0 Å². The third-order valence-corrected chi connectivity index (χ3v) is 7.21. The monoisotopic (exact) mass is 470 g/mol. The lowest BCUT2D eigenvalue weighted by molar-refractivity contribution is 0.0939. The molecule has 0 spiro atoms. The molecule has 0 fully saturated rings. The maximum Gasteiger partial charge on any atom is 0.263 e. The number of benzene rings is 3. The second-order valence-corrected chi connectivity index (χ2v) is 10.2. The number of hydrogen-bond donors (Lipinski definition) is 2. The van der Waals surface area contributed by atoms with E-state index in [1.54, 1.807) is 6.07 Å². The first-order valence-corrected chi connectivity index (χ1v) is 12.1. The molecule has 168 valence electrons. The number of anilines is 1. The molecule has 0 unspecified atom stereocenters. The van der Waals surface area contributed by atoms with Crippen LogP contribution in [0.1, 0.15) is 51.1 Å². The molecular weight excluding hydrogens is 444 g/mol. The maximum absolute atomic E-state index is 13.1. The zero-order valence-electron chi connectivity index (χ0n) is 18.8. The zero-order chi connectivity index (χ0) is 23.6. The van der Waals surface area contributed by atoms with Gasteiger partial charge in [-0.1, -0.05) is 47.5 Å². The normalized spacial score (nSPS) is 12.3. The summed E-state index contributed by atoms with van der Waals surface area (Å²) in [6.07, 6.45) is 0. The molecule has 1 atom stereocenters. The SMILES string of the molecule is Cc1ccc([C@H](C)NC(=O)c2ccc(Cl)c(S(=O)(=O)Nc3cc(C)ccc3C)c2)c(C)c1. The van der Waals surface area contributed by atoms with E-state index in [4.69, 9.17) is 11.6 Å². The minimum Gasteiger partial charge on any atom is -0.346 e. The predicted molar refractivity (Wildman–Crippen MR) is 130 cm³/mol. The molecule has 0 aliphatic carbocycles. The van der Waals surface area contributed by atoms with E-state index in [1.807, 2.05) is 58.9 Å². The van der Waals surface area contributed by atoms with Gasteiger partial charge in [0.25, 0.3) is 15.9 Å². The summed E-state index contributed by atoms with van der Waals surface area (Å²) in [5.41, 5.74) is 5.62. The van der Waals surface area contributed by atoms with E-state index < -0.39 is 10.0 Å². The van der Waals surface area contributed by atoms with Crippen LogP contribution in [0.25, 0.3) is 0 Å². The lowest BCUT2D eigenvalue weighted by atomic mass is 10.00. The number of hydrogen-bond acceptors (Lipinski definition) is 3. The number of aryl methyl sites for hydroxylation is 4. The summed E-state index contributed by atoms with van der Waals surface area (Å²) in [6.45, 7) is 9.60. The number of rotatable bonds is 6. The second kappa shape index (κ2) is 9.35. The van der Waals surface area contributed by atoms with Crippen LogP contribution in [0.15, 0.2) is 59.5 Å². The minimum atomic E-state index is -3.99. The molecule has 0 radical (unpaired) electrons. The molecule has 2 N–H and O–H groups in total. The summed E-state index contributed by atoms with van der Waals surface area (Å²) in [5.74, 6) is -0.377. The van der Waals surface area contributed by atoms with Crippen molar-refractivity contribution in [3.05, 3.63) is 93.0 Å². The van der Waals surface area contributed by atoms with Crippen LogP contribution < -0.4 is 10.0 Å². The van der Waals surface area contributed by atoms with E-state index in [2.05, 4.69) is 16.1 Å². The Labute approximate surface area is 194 Å². The van der Waals surface area contributed by atoms with Gasteiger partial charge in [0.1, 0.15) is 4.90 Å². The van der Waals surface area contributed by atoms with Gasteiger partial charge in [0.15, 0.2) is 0 Å². The highest BCUT2D eigenvalue weighted by Crippen LogP contribution is 2.27. The molecule has 0 saturated carbocycles. The van der Waals surface area contributed by atoms with Crippen molar-refractivity contribution in [3.8, 4) is 0 Å². The Morgan fingerprint density at radius 2 is 1.53 bits per heavy atom. The lowest BCUT2D eigenvalue weighted by Gasteiger charge is -2.18. The van der Waals surface area contributed by atoms with Crippen molar-refractivity contribution in [3.63, 3.8) is 0 Å². The molecule has 3 aromatic rings. The molecule has 7 heteroatoms. The number of nitrogens with one attached hydrogen (secondary N) is 2. The predicted octanol–water partition coefficient (Wildman–Crippen LogP) is 5.87. The van der Waals surface area contributed by atoms with Crippen LogP contribution in [-0.2, 0) is 10.0 Å². The molecule has 0 aliphatic rings. The summed E-state index contributed by atoms with van der Waals surface area (Å²) >= 11 is 6.21. The fourth-order valence-electron chi connectivity index (χ4n) is 3.57. The molecule has 0 bridgehead atoms. The first-order valence-electron chi connectivity index (χ1n) is 10.3. The minimum absolute atomic E-state index is 0.0433. The molecule has 0 heterocycles. The summed E-state index contributed by atoms with van der Waals surface area (Å²) in [4.78, 5) is 12.7. The third kappa shape index (κ3) is 5.31. The number of carbonyl (C=O) groups excluding carboxylic acids is 1. The zero-order valence-corrected chi connectivity index (χ0v) is 20.4. The van der Waals surface area contributed by atoms with Crippen LogP contribution in [0.5, 0.6) is 0 Å². The summed E-state index contributed by atoms with van der Waals surface area (Å²) in [6, 6.07) is 15.5. The fraction of sp³-hybridized carbons (Fsp3) is 0.240. The van der Waals surface area contributed by atoms with Crippen LogP contribution in [0.2, 0.25) is 5.02 Å². The molecule has 0 aliphatic heterocycles. The van der Waals surface area contributed by atoms with Gasteiger partial charge in [-0.25, -0.2) is 8.42 Å². The Balaban J connectivity index is 1.87. The second-order valence-electron chi connectivity index (χ2n) is 8.12. The topological polar surface area (TPSA) is 75.3 Å². The highest BCUT2D eigenvalue weighted by atomic mass is 35.5. The van der Waals surface area contributed by atoms with E-state index in [0.29, 0.717) is 5.69 Å². The largest absolute Gasteiger partial charge is 0.346 e. The van der Waals surface area contributed by atoms with Crippen molar-refractivity contribution < 1.29 is 13.2 Å². The number of amides is 1. The Hall–Kier alpha value is -2.83. The summed E-state index contributed by atoms with van der Waals surface area (Å²) in [7, 11) is -3.99. The first-order chi connectivity index (χ1) is 15.0. The van der Waals surface area contributed by atoms with Gasteiger partial charge in [-0.15, -0.1) is 0 Å². The van der Waals surface area contributed by atoms with Crippen LogP contribution in [0.4, 0.5) is 5.69 Å². The van der Waals surface area contributed by atoms with Gasteiger partial charge in [-0.2, -0.15) is 0 Å². The highest BCUT2D eigenvalue weighted by molar-refractivity contribution is 7.92. The first kappa shape index (κ1) is 23.8. The van der Waals surface area contributed by atoms with Crippen LogP contribution in [-0.4, -0.2) is 14.3 Å². The quantitative estimate of drug-likeness (QED) is 0.473. The number of carbonyl (C=O) groups is 1. The van der Waals surface area contributed by atoms with E-state index in [1.165, 1.54) is 18.2 Å². The summed E-state index contributed by atoms with van der Waals surface area (Å²) in [5, 5.41) is 2.98. The molecule has 3 rings (SSSR count). The van der Waals surface area contributed by atoms with Gasteiger partial charge in [-0.3, -0.25) is 9.52 Å². The molecular formula is C25H27ClN2O3S. The molecule has 0 saturated heterocycles. The maximum atomic E-state index is 13.1. The molecule has 3 aromatic carbocycles. The average Bonchev–Trinajstić information content (AvgIpc) is 2.70. The van der Waals surface area contributed by atoms with Gasteiger partial charge < -0.3 is 5.32 Å². The Kier molecular flexibility index (Phi) is 6.96. The number of sulfonamides is 1. The standard InChI is InChI=1S/C25H27ClN2O3S/c1-15-7-10-21(18(4)12-15)19(5)27-25(29)20-9-11-22(26)24(14-20)32(30,31)28-23-13-16(2)6-8-17(23)3/h6-14,19,28H,1-5H3,(H,27,29)/t19-/m0/s1. The average molecular weight is 471 g/mol. The number of halogens is 1. The molecule has 5 nitrogen and oxygen atoms in total. The Morgan fingerprint density at radius 3 is 2.22 bits per heavy atom. The third-order valence-electron chi connectivity index (χ3n) is 5.36. The van der Waals surface area contributed by atoms with E-state index in [-0.39, 0.29) is 27.4 Å². The van der Waals surface area contributed by atoms with E-state index in [0.717, 1.165) is 27.8 Å². The van der Waals surface area contributed by atoms with Crippen molar-refractivity contribution in [1.82, 2.24) is 5.32 Å². The smallest absolute Gasteiger partial charge is 0.263 e. The Bertz CT molecular complexity index is 1290. The summed E-state index contributed by atoms with van der Waals surface area (Å²) < 4.78 is 28.7. The van der Waals surface area contributed by atoms with Gasteiger partial charge in [0.2, 0.25) is 0 Å². The van der Waals surface area contributed by atoms with Crippen LogP contribution in [0.3, 0.4) is 0 Å². The van der Waals surface area contributed by atoms with Crippen molar-refractivity contribution in [2.45, 2.75) is 45.6 Å². The molecule has 0 aromatic heterocycles. The van der Waals surface area contributed by atoms with Crippen molar-refractivity contribution in [1.29, 1.82) is 0 Å².